The van der Waals surface area contributed by atoms with E-state index in [9.17, 15) is 4.39 Å². The van der Waals surface area contributed by atoms with Gasteiger partial charge in [0.25, 0.3) is 0 Å². The third-order valence-corrected chi connectivity index (χ3v) is 13.8. The number of aryl methyl sites for hydroxylation is 1. The fourth-order valence-corrected chi connectivity index (χ4v) is 10.3. The Kier molecular flexibility index (Phi) is 10.9. The molecule has 0 aliphatic carbocycles. The van der Waals surface area contributed by atoms with E-state index in [2.05, 4.69) is 121 Å². The fraction of sp³-hybridized carbons (Fsp3) is 0.171. The number of hydrogen-bond acceptors (Lipinski definition) is 3. The van der Waals surface area contributed by atoms with E-state index in [1.807, 2.05) is 36.5 Å². The van der Waals surface area contributed by atoms with Gasteiger partial charge in [-0.25, -0.2) is 4.39 Å². The Morgan fingerprint density at radius 3 is 2.15 bits per heavy atom. The smallest absolute Gasteiger partial charge is 0 e. The molecule has 7 aromatic rings. The minimum atomic E-state index is -1.77. The number of pyridine rings is 2. The van der Waals surface area contributed by atoms with Crippen LogP contribution in [-0.2, 0) is 20.1 Å². The zero-order valence-electron chi connectivity index (χ0n) is 27.5. The predicted molar refractivity (Wildman–Crippen MR) is 197 cm³/mol. The fourth-order valence-electron chi connectivity index (χ4n) is 5.69. The quantitative estimate of drug-likeness (QED) is 0.127. The van der Waals surface area contributed by atoms with Crippen LogP contribution in [0.15, 0.2) is 109 Å². The summed E-state index contributed by atoms with van der Waals surface area (Å²) in [6, 6.07) is 38.4. The molecule has 0 aliphatic heterocycles. The molecule has 1 radical (unpaired) electrons. The SMILES string of the molecule is CC(C)c1ccnc(-c2[c-]cc3sc4ccc(-c5ccc(F)cc5)cc4c3c2)c1.Cc1cc(-c2[c-]cccc2)nc[c]1[Ge]([CH3])([CH3])[CH3].[Ir]. The van der Waals surface area contributed by atoms with Gasteiger partial charge in [-0.05, 0) is 63.2 Å². The second-order valence-electron chi connectivity index (χ2n) is 13.0. The molecule has 0 amide bonds. The summed E-state index contributed by atoms with van der Waals surface area (Å²) >= 11 is -0.00432. The maximum absolute atomic E-state index is 13.3. The minimum Gasteiger partial charge on any atom is 0 e. The van der Waals surface area contributed by atoms with Crippen LogP contribution < -0.4 is 4.40 Å². The van der Waals surface area contributed by atoms with Crippen molar-refractivity contribution in [3.8, 4) is 33.6 Å². The minimum absolute atomic E-state index is 0. The van der Waals surface area contributed by atoms with E-state index >= 15 is 0 Å². The van der Waals surface area contributed by atoms with Gasteiger partial charge in [0.1, 0.15) is 5.82 Å². The standard InChI is InChI=1S/C26H19FNS.C15H18GeN.Ir/c1-16(2)18-11-12-28-24(15-18)20-6-10-26-23(14-20)22-13-19(5-9-25(22)29-26)17-3-7-21(27)8-4-17;1-12-10-15(13-8-6-5-7-9-13)17-11-14(12)16(2,3)4;/h3-5,7-16H,1-2H3;5-8,10-11H,1-4H3;/q2*-1;. The van der Waals surface area contributed by atoms with Gasteiger partial charge in [0.15, 0.2) is 0 Å². The number of aromatic nitrogens is 2. The first-order valence-electron chi connectivity index (χ1n) is 15.6. The van der Waals surface area contributed by atoms with E-state index in [4.69, 9.17) is 0 Å². The molecule has 239 valence electrons. The van der Waals surface area contributed by atoms with Crippen LogP contribution in [0.5, 0.6) is 0 Å². The molecule has 2 nitrogen and oxygen atoms in total. The Morgan fingerprint density at radius 2 is 1.47 bits per heavy atom. The molecule has 0 atom stereocenters. The Balaban J connectivity index is 0.000000207. The van der Waals surface area contributed by atoms with Crippen molar-refractivity contribution in [2.75, 3.05) is 0 Å². The van der Waals surface area contributed by atoms with Crippen molar-refractivity contribution < 1.29 is 24.5 Å². The van der Waals surface area contributed by atoms with Crippen molar-refractivity contribution in [2.45, 2.75) is 44.0 Å². The summed E-state index contributed by atoms with van der Waals surface area (Å²) in [4.78, 5) is 9.17. The molecule has 0 aliphatic rings. The van der Waals surface area contributed by atoms with Crippen LogP contribution in [0.25, 0.3) is 53.8 Å². The molecule has 4 aromatic carbocycles. The number of thiophene rings is 1. The Morgan fingerprint density at radius 1 is 0.745 bits per heavy atom. The van der Waals surface area contributed by atoms with E-state index in [1.165, 1.54) is 47.8 Å². The van der Waals surface area contributed by atoms with Crippen LogP contribution in [0.4, 0.5) is 4.39 Å². The van der Waals surface area contributed by atoms with Crippen LogP contribution in [-0.4, -0.2) is 23.2 Å². The largest absolute Gasteiger partial charge is 0 e. The third-order valence-electron chi connectivity index (χ3n) is 8.21. The average Bonchev–Trinajstić information content (AvgIpc) is 3.42. The summed E-state index contributed by atoms with van der Waals surface area (Å²) in [5.74, 6) is 7.45. The number of hydrogen-bond donors (Lipinski definition) is 0. The Labute approximate surface area is 297 Å². The van der Waals surface area contributed by atoms with Crippen LogP contribution >= 0.6 is 11.3 Å². The second-order valence-corrected chi connectivity index (χ2v) is 24.6. The predicted octanol–water partition coefficient (Wildman–Crippen LogP) is 11.2. The first-order valence-corrected chi connectivity index (χ1v) is 23.8. The zero-order valence-corrected chi connectivity index (χ0v) is 32.8. The maximum Gasteiger partial charge on any atom is 0 e. The molecule has 7 rings (SSSR count). The molecule has 3 heterocycles. The van der Waals surface area contributed by atoms with E-state index < -0.39 is 13.3 Å². The van der Waals surface area contributed by atoms with Crippen molar-refractivity contribution in [1.82, 2.24) is 9.97 Å². The monoisotopic (exact) mass is 875 g/mol. The van der Waals surface area contributed by atoms with Gasteiger partial charge in [-0.3, -0.25) is 0 Å². The van der Waals surface area contributed by atoms with E-state index in [0.29, 0.717) is 5.92 Å². The molecule has 0 unspecified atom stereocenters. The van der Waals surface area contributed by atoms with Crippen LogP contribution in [0.1, 0.15) is 30.9 Å². The molecule has 0 bridgehead atoms. The molecule has 0 saturated carbocycles. The van der Waals surface area contributed by atoms with Crippen molar-refractivity contribution in [3.63, 3.8) is 0 Å². The molecule has 3 aromatic heterocycles. The van der Waals surface area contributed by atoms with Gasteiger partial charge in [0, 0.05) is 31.0 Å². The Bertz CT molecular complexity index is 2130. The van der Waals surface area contributed by atoms with Crippen LogP contribution in [0.2, 0.25) is 17.3 Å². The molecular weight excluding hydrogens is 836 g/mol. The van der Waals surface area contributed by atoms with Gasteiger partial charge in [0.2, 0.25) is 0 Å². The number of fused-ring (bicyclic) bond motifs is 3. The summed E-state index contributed by atoms with van der Waals surface area (Å²) in [7, 11) is 0. The molecule has 0 spiro atoms. The first-order chi connectivity index (χ1) is 22.1. The van der Waals surface area contributed by atoms with Crippen LogP contribution in [0, 0.1) is 24.9 Å². The molecular formula is C41H37FGeIrN2S-2. The number of halogens is 1. The van der Waals surface area contributed by atoms with Crippen molar-refractivity contribution in [1.29, 1.82) is 0 Å². The molecule has 0 saturated heterocycles. The topological polar surface area (TPSA) is 25.8 Å². The van der Waals surface area contributed by atoms with Gasteiger partial charge in [0.05, 0.1) is 0 Å². The van der Waals surface area contributed by atoms with Crippen molar-refractivity contribution in [3.05, 3.63) is 139 Å². The van der Waals surface area contributed by atoms with Crippen LogP contribution in [0.3, 0.4) is 0 Å². The van der Waals surface area contributed by atoms with Gasteiger partial charge < -0.3 is 4.98 Å². The van der Waals surface area contributed by atoms with E-state index in [-0.39, 0.29) is 25.9 Å². The zero-order chi connectivity index (χ0) is 32.4. The van der Waals surface area contributed by atoms with Gasteiger partial charge in [-0.15, -0.1) is 23.8 Å². The number of benzene rings is 4. The van der Waals surface area contributed by atoms with E-state index in [0.717, 1.165) is 33.6 Å². The summed E-state index contributed by atoms with van der Waals surface area (Å²) in [5.41, 5.74) is 8.81. The van der Waals surface area contributed by atoms with Gasteiger partial charge in [-0.1, -0.05) is 49.1 Å². The second kappa shape index (κ2) is 14.7. The first kappa shape index (κ1) is 34.8. The average molecular weight is 874 g/mol. The Hall–Kier alpha value is -3.48. The third kappa shape index (κ3) is 7.98. The molecule has 0 N–H and O–H groups in total. The summed E-state index contributed by atoms with van der Waals surface area (Å²) in [6.45, 7) is 6.57. The summed E-state index contributed by atoms with van der Waals surface area (Å²) < 4.78 is 17.2. The number of rotatable bonds is 5. The molecule has 47 heavy (non-hydrogen) atoms. The maximum atomic E-state index is 13.3. The molecule has 6 heteroatoms. The molecule has 0 fully saturated rings. The van der Waals surface area contributed by atoms with Crippen molar-refractivity contribution in [2.24, 2.45) is 0 Å². The van der Waals surface area contributed by atoms with E-state index in [1.54, 1.807) is 11.3 Å². The normalized spacial score (nSPS) is 11.3. The van der Waals surface area contributed by atoms with Crippen molar-refractivity contribution >= 4 is 49.2 Å². The van der Waals surface area contributed by atoms with Gasteiger partial charge in [-0.2, -0.15) is 11.3 Å². The van der Waals surface area contributed by atoms with Gasteiger partial charge >= 0.3 is 106 Å². The summed E-state index contributed by atoms with van der Waals surface area (Å²) in [6.07, 6.45) is 3.95. The summed E-state index contributed by atoms with van der Waals surface area (Å²) in [5, 5.41) is 2.42. The number of nitrogens with zero attached hydrogens (tertiary/aromatic N) is 2.